The lowest BCUT2D eigenvalue weighted by molar-refractivity contribution is -0.124. The molecule has 2 rings (SSSR count). The Morgan fingerprint density at radius 1 is 1.32 bits per heavy atom. The van der Waals surface area contributed by atoms with Crippen LogP contribution in [-0.2, 0) is 17.8 Å². The normalized spacial score (nSPS) is 20.5. The molecule has 2 N–H and O–H groups in total. The van der Waals surface area contributed by atoms with Gasteiger partial charge in [-0.25, -0.2) is 0 Å². The van der Waals surface area contributed by atoms with E-state index in [4.69, 9.17) is 0 Å². The Kier molecular flexibility index (Phi) is 3.95. The number of carbonyl (C=O) groups excluding carboxylic acids is 1. The lowest BCUT2D eigenvalue weighted by Gasteiger charge is -2.31. The van der Waals surface area contributed by atoms with Gasteiger partial charge in [-0.05, 0) is 29.9 Å². The van der Waals surface area contributed by atoms with E-state index < -0.39 is 0 Å². The number of amides is 1. The Bertz CT molecular complexity index is 462. The molecule has 0 spiro atoms. The molecule has 0 fully saturated rings. The molecule has 0 saturated carbocycles. The van der Waals surface area contributed by atoms with Gasteiger partial charge in [-0.2, -0.15) is 0 Å². The number of hydrogen-bond donors (Lipinski definition) is 2. The third-order valence-corrected chi connectivity index (χ3v) is 4.06. The molecule has 1 unspecified atom stereocenters. The Morgan fingerprint density at radius 3 is 2.58 bits per heavy atom. The van der Waals surface area contributed by atoms with Gasteiger partial charge in [0.05, 0.1) is 6.04 Å². The minimum absolute atomic E-state index is 0.0855. The third-order valence-electron chi connectivity index (χ3n) is 4.06. The molecule has 0 aliphatic carbocycles. The summed E-state index contributed by atoms with van der Waals surface area (Å²) in [4.78, 5) is 12.3. The Labute approximate surface area is 115 Å². The van der Waals surface area contributed by atoms with Crippen LogP contribution >= 0.6 is 0 Å². The second kappa shape index (κ2) is 5.33. The van der Waals surface area contributed by atoms with Crippen molar-refractivity contribution in [1.29, 1.82) is 0 Å². The molecule has 1 aliphatic rings. The highest BCUT2D eigenvalue weighted by Crippen LogP contribution is 2.20. The molecule has 3 heteroatoms. The van der Waals surface area contributed by atoms with Gasteiger partial charge in [0.25, 0.3) is 0 Å². The van der Waals surface area contributed by atoms with E-state index in [2.05, 4.69) is 50.5 Å². The van der Waals surface area contributed by atoms with Crippen LogP contribution in [0, 0.1) is 5.41 Å². The molecule has 0 radical (unpaired) electrons. The van der Waals surface area contributed by atoms with Crippen molar-refractivity contribution in [2.45, 2.75) is 52.7 Å². The van der Waals surface area contributed by atoms with E-state index in [0.29, 0.717) is 0 Å². The first-order chi connectivity index (χ1) is 8.88. The van der Waals surface area contributed by atoms with Gasteiger partial charge >= 0.3 is 0 Å². The monoisotopic (exact) mass is 260 g/mol. The van der Waals surface area contributed by atoms with Crippen molar-refractivity contribution in [1.82, 2.24) is 10.6 Å². The van der Waals surface area contributed by atoms with Crippen LogP contribution in [0.2, 0.25) is 0 Å². The third kappa shape index (κ3) is 3.35. The summed E-state index contributed by atoms with van der Waals surface area (Å²) in [5.41, 5.74) is 2.67. The van der Waals surface area contributed by atoms with Gasteiger partial charge in [0, 0.05) is 12.6 Å². The maximum absolute atomic E-state index is 12.3. The highest BCUT2D eigenvalue weighted by atomic mass is 16.2. The first kappa shape index (κ1) is 14.1. The molecule has 2 atom stereocenters. The minimum Gasteiger partial charge on any atom is -0.352 e. The van der Waals surface area contributed by atoms with Crippen molar-refractivity contribution in [3.63, 3.8) is 0 Å². The summed E-state index contributed by atoms with van der Waals surface area (Å²) in [5.74, 6) is 0.108. The summed E-state index contributed by atoms with van der Waals surface area (Å²) >= 11 is 0. The fourth-order valence-electron chi connectivity index (χ4n) is 2.17. The average Bonchev–Trinajstić information content (AvgIpc) is 2.37. The summed E-state index contributed by atoms with van der Waals surface area (Å²) in [6.07, 6.45) is 0.777. The Balaban J connectivity index is 1.99. The van der Waals surface area contributed by atoms with E-state index in [1.807, 2.05) is 12.1 Å². The van der Waals surface area contributed by atoms with Crippen LogP contribution in [0.1, 0.15) is 38.8 Å². The highest BCUT2D eigenvalue weighted by molar-refractivity contribution is 5.82. The van der Waals surface area contributed by atoms with Crippen LogP contribution < -0.4 is 10.6 Å². The van der Waals surface area contributed by atoms with Gasteiger partial charge in [-0.15, -0.1) is 0 Å². The quantitative estimate of drug-likeness (QED) is 0.856. The fraction of sp³-hybridized carbons (Fsp3) is 0.562. The number of fused-ring (bicyclic) bond motifs is 1. The smallest absolute Gasteiger partial charge is 0.237 e. The molecule has 1 aromatic carbocycles. The van der Waals surface area contributed by atoms with Crippen LogP contribution in [-0.4, -0.2) is 18.0 Å². The maximum atomic E-state index is 12.3. The van der Waals surface area contributed by atoms with Gasteiger partial charge in [-0.3, -0.25) is 4.79 Å². The highest BCUT2D eigenvalue weighted by Gasteiger charge is 2.28. The number of nitrogens with one attached hydrogen (secondary N) is 2. The summed E-state index contributed by atoms with van der Waals surface area (Å²) < 4.78 is 0. The standard InChI is InChI=1S/C16H24N2O/c1-11(16(2,3)4)18-15(19)14-9-12-7-5-6-8-13(12)10-17-14/h5-8,11,14,17H,9-10H2,1-4H3,(H,18,19)/t11?,14-/m0/s1. The predicted octanol–water partition coefficient (Wildman–Crippen LogP) is 2.25. The first-order valence-electron chi connectivity index (χ1n) is 6.98. The zero-order valence-electron chi connectivity index (χ0n) is 12.3. The van der Waals surface area contributed by atoms with Crippen LogP contribution in [0.25, 0.3) is 0 Å². The second-order valence-corrected chi connectivity index (χ2v) is 6.50. The van der Waals surface area contributed by atoms with Gasteiger partial charge in [0.2, 0.25) is 5.91 Å². The summed E-state index contributed by atoms with van der Waals surface area (Å²) in [6.45, 7) is 9.26. The van der Waals surface area contributed by atoms with E-state index in [-0.39, 0.29) is 23.4 Å². The molecule has 3 nitrogen and oxygen atoms in total. The molecular formula is C16H24N2O. The Hall–Kier alpha value is -1.35. The number of rotatable bonds is 2. The van der Waals surface area contributed by atoms with E-state index in [9.17, 15) is 4.79 Å². The van der Waals surface area contributed by atoms with Crippen molar-refractivity contribution in [2.75, 3.05) is 0 Å². The average molecular weight is 260 g/mol. The molecule has 1 heterocycles. The largest absolute Gasteiger partial charge is 0.352 e. The van der Waals surface area contributed by atoms with Crippen molar-refractivity contribution < 1.29 is 4.79 Å². The van der Waals surface area contributed by atoms with Crippen molar-refractivity contribution in [2.24, 2.45) is 5.41 Å². The number of benzene rings is 1. The molecule has 104 valence electrons. The SMILES string of the molecule is CC(NC(=O)[C@@H]1Cc2ccccc2CN1)C(C)(C)C. The lowest BCUT2D eigenvalue weighted by Crippen LogP contribution is -2.52. The molecule has 0 bridgehead atoms. The van der Waals surface area contributed by atoms with Crippen LogP contribution in [0.5, 0.6) is 0 Å². The van der Waals surface area contributed by atoms with E-state index >= 15 is 0 Å². The van der Waals surface area contributed by atoms with E-state index in [0.717, 1.165) is 13.0 Å². The number of carbonyl (C=O) groups is 1. The van der Waals surface area contributed by atoms with Crippen molar-refractivity contribution in [3.8, 4) is 0 Å². The predicted molar refractivity (Wildman–Crippen MR) is 77.8 cm³/mol. The lowest BCUT2D eigenvalue weighted by atomic mass is 9.87. The zero-order chi connectivity index (χ0) is 14.0. The number of hydrogen-bond acceptors (Lipinski definition) is 2. The molecule has 19 heavy (non-hydrogen) atoms. The topological polar surface area (TPSA) is 41.1 Å². The Morgan fingerprint density at radius 2 is 1.95 bits per heavy atom. The molecule has 1 aliphatic heterocycles. The van der Waals surface area contributed by atoms with Crippen molar-refractivity contribution in [3.05, 3.63) is 35.4 Å². The van der Waals surface area contributed by atoms with Crippen molar-refractivity contribution >= 4 is 5.91 Å². The molecule has 1 aromatic rings. The van der Waals surface area contributed by atoms with Crippen LogP contribution in [0.3, 0.4) is 0 Å². The second-order valence-electron chi connectivity index (χ2n) is 6.50. The summed E-state index contributed by atoms with van der Waals surface area (Å²) in [5, 5.41) is 6.44. The molecular weight excluding hydrogens is 236 g/mol. The molecule has 0 aromatic heterocycles. The first-order valence-corrected chi connectivity index (χ1v) is 6.98. The minimum atomic E-state index is -0.111. The summed E-state index contributed by atoms with van der Waals surface area (Å²) in [6, 6.07) is 8.37. The van der Waals surface area contributed by atoms with Gasteiger partial charge < -0.3 is 10.6 Å². The maximum Gasteiger partial charge on any atom is 0.237 e. The van der Waals surface area contributed by atoms with Gasteiger partial charge in [0.1, 0.15) is 0 Å². The van der Waals surface area contributed by atoms with Crippen LogP contribution in [0.15, 0.2) is 24.3 Å². The van der Waals surface area contributed by atoms with E-state index in [1.165, 1.54) is 11.1 Å². The van der Waals surface area contributed by atoms with Crippen LogP contribution in [0.4, 0.5) is 0 Å². The van der Waals surface area contributed by atoms with E-state index in [1.54, 1.807) is 0 Å². The van der Waals surface area contributed by atoms with Gasteiger partial charge in [0.15, 0.2) is 0 Å². The molecule has 0 saturated heterocycles. The zero-order valence-corrected chi connectivity index (χ0v) is 12.3. The fourth-order valence-corrected chi connectivity index (χ4v) is 2.17. The molecule has 1 amide bonds. The van der Waals surface area contributed by atoms with Gasteiger partial charge in [-0.1, -0.05) is 45.0 Å². The summed E-state index contributed by atoms with van der Waals surface area (Å²) in [7, 11) is 0.